The minimum absolute atomic E-state index is 0.0684. The van der Waals surface area contributed by atoms with Crippen LogP contribution in [0.2, 0.25) is 0 Å². The molecular formula is C14H26N2O3. The van der Waals surface area contributed by atoms with Crippen LogP contribution in [-0.2, 0) is 4.79 Å². The van der Waals surface area contributed by atoms with Crippen LogP contribution in [0.25, 0.3) is 0 Å². The Labute approximate surface area is 115 Å². The standard InChI is InChI=1S/C14H26N2O3/c1-5-11(4)12(13(17)18)15-14(19)16-7-9(2)6-10(3)8-16/h9-12H,5-8H2,1-4H3,(H,15,19)(H,17,18)/t9?,10?,11?,12-/m0/s1. The molecule has 0 aromatic carbocycles. The maximum absolute atomic E-state index is 12.2. The Morgan fingerprint density at radius 3 is 2.26 bits per heavy atom. The van der Waals surface area contributed by atoms with E-state index < -0.39 is 12.0 Å². The van der Waals surface area contributed by atoms with Gasteiger partial charge in [0.25, 0.3) is 0 Å². The van der Waals surface area contributed by atoms with E-state index in [4.69, 9.17) is 0 Å². The van der Waals surface area contributed by atoms with E-state index in [-0.39, 0.29) is 11.9 Å². The second kappa shape index (κ2) is 6.78. The number of piperidine rings is 1. The van der Waals surface area contributed by atoms with Crippen molar-refractivity contribution in [2.24, 2.45) is 17.8 Å². The van der Waals surface area contributed by atoms with E-state index in [2.05, 4.69) is 19.2 Å². The smallest absolute Gasteiger partial charge is 0.326 e. The van der Waals surface area contributed by atoms with E-state index >= 15 is 0 Å². The summed E-state index contributed by atoms with van der Waals surface area (Å²) in [5.74, 6) is -0.0790. The fourth-order valence-corrected chi connectivity index (χ4v) is 2.74. The van der Waals surface area contributed by atoms with Gasteiger partial charge in [-0.25, -0.2) is 9.59 Å². The summed E-state index contributed by atoms with van der Waals surface area (Å²) in [5.41, 5.74) is 0. The van der Waals surface area contributed by atoms with Gasteiger partial charge in [0.15, 0.2) is 0 Å². The molecule has 0 aromatic rings. The summed E-state index contributed by atoms with van der Waals surface area (Å²) in [6, 6.07) is -1.05. The van der Waals surface area contributed by atoms with Gasteiger partial charge in [-0.15, -0.1) is 0 Å². The van der Waals surface area contributed by atoms with Crippen LogP contribution in [-0.4, -0.2) is 41.1 Å². The number of carbonyl (C=O) groups excluding carboxylic acids is 1. The van der Waals surface area contributed by atoms with Crippen molar-refractivity contribution in [3.8, 4) is 0 Å². The van der Waals surface area contributed by atoms with Gasteiger partial charge in [-0.3, -0.25) is 0 Å². The lowest BCUT2D eigenvalue weighted by Gasteiger charge is -2.36. The molecule has 5 nitrogen and oxygen atoms in total. The molecule has 0 bridgehead atoms. The van der Waals surface area contributed by atoms with Crippen LogP contribution >= 0.6 is 0 Å². The molecule has 0 aromatic heterocycles. The average molecular weight is 270 g/mol. The van der Waals surface area contributed by atoms with Crippen molar-refractivity contribution in [3.05, 3.63) is 0 Å². The Hall–Kier alpha value is -1.26. The highest BCUT2D eigenvalue weighted by Crippen LogP contribution is 2.21. The first-order valence-corrected chi connectivity index (χ1v) is 7.13. The number of nitrogens with zero attached hydrogens (tertiary/aromatic N) is 1. The molecule has 1 fully saturated rings. The highest BCUT2D eigenvalue weighted by Gasteiger charge is 2.30. The number of aliphatic carboxylic acids is 1. The van der Waals surface area contributed by atoms with Crippen LogP contribution in [0.3, 0.4) is 0 Å². The van der Waals surface area contributed by atoms with Gasteiger partial charge in [0.05, 0.1) is 0 Å². The Morgan fingerprint density at radius 1 is 1.32 bits per heavy atom. The van der Waals surface area contributed by atoms with E-state index in [0.717, 1.165) is 12.8 Å². The van der Waals surface area contributed by atoms with Crippen molar-refractivity contribution in [2.45, 2.75) is 46.6 Å². The Balaban J connectivity index is 2.63. The lowest BCUT2D eigenvalue weighted by atomic mass is 9.92. The number of urea groups is 1. The molecule has 19 heavy (non-hydrogen) atoms. The number of carboxylic acid groups (broad SMARTS) is 1. The minimum Gasteiger partial charge on any atom is -0.480 e. The monoisotopic (exact) mass is 270 g/mol. The van der Waals surface area contributed by atoms with E-state index in [1.165, 1.54) is 0 Å². The zero-order chi connectivity index (χ0) is 14.6. The molecular weight excluding hydrogens is 244 g/mol. The molecule has 110 valence electrons. The summed E-state index contributed by atoms with van der Waals surface area (Å²) >= 11 is 0. The molecule has 1 aliphatic rings. The maximum atomic E-state index is 12.2. The molecule has 3 unspecified atom stereocenters. The third-order valence-electron chi connectivity index (χ3n) is 3.91. The zero-order valence-corrected chi connectivity index (χ0v) is 12.3. The lowest BCUT2D eigenvalue weighted by molar-refractivity contribution is -0.140. The number of rotatable bonds is 4. The second-order valence-electron chi connectivity index (χ2n) is 6.00. The summed E-state index contributed by atoms with van der Waals surface area (Å²) in [6.45, 7) is 9.45. The maximum Gasteiger partial charge on any atom is 0.326 e. The van der Waals surface area contributed by atoms with Crippen molar-refractivity contribution in [1.29, 1.82) is 0 Å². The van der Waals surface area contributed by atoms with Gasteiger partial charge < -0.3 is 15.3 Å². The van der Waals surface area contributed by atoms with Gasteiger partial charge in [0.1, 0.15) is 6.04 Å². The van der Waals surface area contributed by atoms with Crippen LogP contribution in [0, 0.1) is 17.8 Å². The van der Waals surface area contributed by atoms with Gasteiger partial charge in [-0.2, -0.15) is 0 Å². The molecule has 1 aliphatic heterocycles. The number of likely N-dealkylation sites (tertiary alicyclic amines) is 1. The first kappa shape index (κ1) is 15.8. The quantitative estimate of drug-likeness (QED) is 0.822. The summed E-state index contributed by atoms with van der Waals surface area (Å²) in [5, 5.41) is 11.9. The molecule has 0 saturated carbocycles. The van der Waals surface area contributed by atoms with Crippen LogP contribution in [0.4, 0.5) is 4.79 Å². The predicted octanol–water partition coefficient (Wildman–Crippen LogP) is 2.17. The van der Waals surface area contributed by atoms with E-state index in [9.17, 15) is 14.7 Å². The topological polar surface area (TPSA) is 69.6 Å². The average Bonchev–Trinajstić information content (AvgIpc) is 2.33. The number of hydrogen-bond donors (Lipinski definition) is 2. The highest BCUT2D eigenvalue weighted by molar-refractivity contribution is 5.82. The molecule has 2 amide bonds. The van der Waals surface area contributed by atoms with Crippen LogP contribution < -0.4 is 5.32 Å². The first-order chi connectivity index (χ1) is 8.85. The molecule has 4 atom stereocenters. The minimum atomic E-state index is -0.958. The van der Waals surface area contributed by atoms with Crippen LogP contribution in [0.15, 0.2) is 0 Å². The third kappa shape index (κ3) is 4.40. The van der Waals surface area contributed by atoms with Gasteiger partial charge in [0, 0.05) is 13.1 Å². The van der Waals surface area contributed by atoms with Gasteiger partial charge in [-0.1, -0.05) is 34.1 Å². The summed E-state index contributed by atoms with van der Waals surface area (Å²) in [4.78, 5) is 25.1. The molecule has 5 heteroatoms. The van der Waals surface area contributed by atoms with Gasteiger partial charge in [0.2, 0.25) is 0 Å². The fourth-order valence-electron chi connectivity index (χ4n) is 2.74. The molecule has 0 radical (unpaired) electrons. The molecule has 0 aliphatic carbocycles. The van der Waals surface area contributed by atoms with Crippen molar-refractivity contribution in [1.82, 2.24) is 10.2 Å². The van der Waals surface area contributed by atoms with Gasteiger partial charge in [-0.05, 0) is 24.2 Å². The second-order valence-corrected chi connectivity index (χ2v) is 6.00. The lowest BCUT2D eigenvalue weighted by Crippen LogP contribution is -2.53. The van der Waals surface area contributed by atoms with Crippen LogP contribution in [0.5, 0.6) is 0 Å². The summed E-state index contributed by atoms with van der Waals surface area (Å²) in [6.07, 6.45) is 1.85. The molecule has 0 spiro atoms. The SMILES string of the molecule is CCC(C)[C@H](NC(=O)N1CC(C)CC(C)C1)C(=O)O. The largest absolute Gasteiger partial charge is 0.480 e. The van der Waals surface area contributed by atoms with Crippen molar-refractivity contribution < 1.29 is 14.7 Å². The van der Waals surface area contributed by atoms with E-state index in [1.54, 1.807) is 4.90 Å². The van der Waals surface area contributed by atoms with Crippen molar-refractivity contribution >= 4 is 12.0 Å². The molecule has 1 heterocycles. The molecule has 1 saturated heterocycles. The number of carboxylic acids is 1. The van der Waals surface area contributed by atoms with Crippen LogP contribution in [0.1, 0.15) is 40.5 Å². The number of hydrogen-bond acceptors (Lipinski definition) is 2. The van der Waals surface area contributed by atoms with Crippen molar-refractivity contribution in [3.63, 3.8) is 0 Å². The number of carbonyl (C=O) groups is 2. The molecule has 2 N–H and O–H groups in total. The Morgan fingerprint density at radius 2 is 1.84 bits per heavy atom. The normalized spacial score (nSPS) is 26.6. The predicted molar refractivity (Wildman–Crippen MR) is 73.9 cm³/mol. The summed E-state index contributed by atoms with van der Waals surface area (Å²) < 4.78 is 0. The Bertz CT molecular complexity index is 323. The van der Waals surface area contributed by atoms with Crippen molar-refractivity contribution in [2.75, 3.05) is 13.1 Å². The van der Waals surface area contributed by atoms with E-state index in [0.29, 0.717) is 24.9 Å². The zero-order valence-electron chi connectivity index (χ0n) is 12.3. The number of nitrogens with one attached hydrogen (secondary N) is 1. The first-order valence-electron chi connectivity index (χ1n) is 7.13. The third-order valence-corrected chi connectivity index (χ3v) is 3.91. The highest BCUT2D eigenvalue weighted by atomic mass is 16.4. The number of amides is 2. The summed E-state index contributed by atoms with van der Waals surface area (Å²) in [7, 11) is 0. The van der Waals surface area contributed by atoms with E-state index in [1.807, 2.05) is 13.8 Å². The Kier molecular flexibility index (Phi) is 5.63. The van der Waals surface area contributed by atoms with Gasteiger partial charge >= 0.3 is 12.0 Å². The molecule has 1 rings (SSSR count). The fraction of sp³-hybridized carbons (Fsp3) is 0.857.